The highest BCUT2D eigenvalue weighted by atomic mass is 16.4. The largest absolute Gasteiger partial charge is 0.480 e. The van der Waals surface area contributed by atoms with Crippen molar-refractivity contribution >= 4 is 59.1 Å². The summed E-state index contributed by atoms with van der Waals surface area (Å²) in [4.78, 5) is 132. The maximum atomic E-state index is 13.9. The Morgan fingerprint density at radius 1 is 0.479 bits per heavy atom. The monoisotopic (exact) mass is 1030 g/mol. The minimum Gasteiger partial charge on any atom is -0.480 e. The summed E-state index contributed by atoms with van der Waals surface area (Å²) in [7, 11) is 0. The molecule has 0 aliphatic carbocycles. The van der Waals surface area contributed by atoms with Gasteiger partial charge in [0.1, 0.15) is 42.3 Å². The maximum Gasteiger partial charge on any atom is 0.326 e. The van der Waals surface area contributed by atoms with Gasteiger partial charge in [-0.1, -0.05) is 119 Å². The van der Waals surface area contributed by atoms with E-state index in [1.165, 1.54) is 13.8 Å². The van der Waals surface area contributed by atoms with E-state index in [9.17, 15) is 63.3 Å². The first-order chi connectivity index (χ1) is 34.1. The highest BCUT2D eigenvalue weighted by Crippen LogP contribution is 2.15. The molecule has 1 rings (SSSR count). The fraction of sp³-hybridized carbons (Fsp3) is 0.680. The van der Waals surface area contributed by atoms with Gasteiger partial charge >= 0.3 is 5.97 Å². The number of carbonyl (C=O) groups is 10. The lowest BCUT2D eigenvalue weighted by Gasteiger charge is -2.31. The second kappa shape index (κ2) is 32.1. The number of carbonyl (C=O) groups excluding carboxylic acids is 9. The molecular formula is C50H84N10O13. The van der Waals surface area contributed by atoms with Gasteiger partial charge in [0, 0.05) is 0 Å². The van der Waals surface area contributed by atoms with Crippen LogP contribution in [0, 0.1) is 29.6 Å². The Labute approximate surface area is 429 Å². The summed E-state index contributed by atoms with van der Waals surface area (Å²) in [5.74, 6) is -10.7. The molecule has 412 valence electrons. The molecule has 0 spiro atoms. The van der Waals surface area contributed by atoms with Crippen LogP contribution in [0.4, 0.5) is 0 Å². The fourth-order valence-corrected chi connectivity index (χ4v) is 7.36. The molecule has 0 saturated carbocycles. The van der Waals surface area contributed by atoms with Gasteiger partial charge in [-0.3, -0.25) is 43.2 Å². The number of amides is 9. The Kier molecular flexibility index (Phi) is 28.5. The smallest absolute Gasteiger partial charge is 0.326 e. The van der Waals surface area contributed by atoms with Crippen molar-refractivity contribution in [2.75, 3.05) is 13.1 Å². The number of aliphatic hydroxyl groups excluding tert-OH is 2. The maximum absolute atomic E-state index is 13.9. The second-order valence-corrected chi connectivity index (χ2v) is 19.7. The third kappa shape index (κ3) is 22.2. The van der Waals surface area contributed by atoms with Gasteiger partial charge in [-0.2, -0.15) is 0 Å². The van der Waals surface area contributed by atoms with Gasteiger partial charge in [-0.05, 0) is 61.8 Å². The number of rotatable bonds is 32. The molecule has 1 aromatic rings. The fourth-order valence-electron chi connectivity index (χ4n) is 7.36. The average molecular weight is 1030 g/mol. The first-order valence-electron chi connectivity index (χ1n) is 25.1. The minimum absolute atomic E-state index is 0.0771. The van der Waals surface area contributed by atoms with Gasteiger partial charge in [0.05, 0.1) is 31.3 Å². The highest BCUT2D eigenvalue weighted by Gasteiger charge is 2.37. The summed E-state index contributed by atoms with van der Waals surface area (Å²) in [6.45, 7) is 18.3. The van der Waals surface area contributed by atoms with E-state index in [0.29, 0.717) is 19.3 Å². The molecule has 0 radical (unpaired) electrons. The zero-order valence-electron chi connectivity index (χ0n) is 44.5. The van der Waals surface area contributed by atoms with E-state index in [1.807, 2.05) is 32.0 Å². The zero-order chi connectivity index (χ0) is 55.9. The Morgan fingerprint density at radius 3 is 1.26 bits per heavy atom. The molecular weight excluding hydrogens is 949 g/mol. The van der Waals surface area contributed by atoms with E-state index < -0.39 is 156 Å². The summed E-state index contributed by atoms with van der Waals surface area (Å²) in [6.07, 6.45) is -1.36. The predicted octanol–water partition coefficient (Wildman–Crippen LogP) is -1.13. The number of nitrogens with two attached hydrogens (primary N) is 1. The van der Waals surface area contributed by atoms with Crippen LogP contribution >= 0.6 is 0 Å². The van der Waals surface area contributed by atoms with Gasteiger partial charge in [0.25, 0.3) is 0 Å². The molecule has 73 heavy (non-hydrogen) atoms. The number of carboxylic acids is 1. The minimum atomic E-state index is -1.58. The van der Waals surface area contributed by atoms with Crippen LogP contribution in [-0.4, -0.2) is 148 Å². The predicted molar refractivity (Wildman–Crippen MR) is 271 cm³/mol. The number of aliphatic carboxylic acids is 1. The van der Waals surface area contributed by atoms with Crippen LogP contribution in [0.25, 0.3) is 0 Å². The lowest BCUT2D eigenvalue weighted by molar-refractivity contribution is -0.144. The van der Waals surface area contributed by atoms with E-state index in [4.69, 9.17) is 5.73 Å². The molecule has 0 fully saturated rings. The summed E-state index contributed by atoms with van der Waals surface area (Å²) < 4.78 is 0. The van der Waals surface area contributed by atoms with Gasteiger partial charge in [-0.15, -0.1) is 0 Å². The number of hydrogen-bond donors (Lipinski definition) is 13. The quantitative estimate of drug-likeness (QED) is 0.0406. The molecule has 0 heterocycles. The van der Waals surface area contributed by atoms with Crippen LogP contribution in [0.5, 0.6) is 0 Å². The summed E-state index contributed by atoms with van der Waals surface area (Å²) in [6, 6.07) is -1.18. The third-order valence-corrected chi connectivity index (χ3v) is 12.6. The zero-order valence-corrected chi connectivity index (χ0v) is 44.5. The van der Waals surface area contributed by atoms with E-state index in [-0.39, 0.29) is 18.8 Å². The Balaban J connectivity index is 3.06. The number of carboxylic acid groups (broad SMARTS) is 1. The van der Waals surface area contributed by atoms with Crippen molar-refractivity contribution < 1.29 is 63.3 Å². The van der Waals surface area contributed by atoms with Gasteiger partial charge in [0.2, 0.25) is 53.2 Å². The Morgan fingerprint density at radius 2 is 0.849 bits per heavy atom. The molecule has 13 atom stereocenters. The van der Waals surface area contributed by atoms with Crippen LogP contribution in [0.1, 0.15) is 114 Å². The SMILES string of the molecule is CC[C@H](C)[C@H](NC(=O)CNC(=O)[C@@H](NC(=O)[C@H](CC(C)C)NC(=O)[C@@H](N)Cc1ccccc1)[C@@H](C)O)C(=O)NCC(=O)N[C@H](C(=O)N[C@H](C(=O)N[C@H](C(=O)N[C@H](C(=O)O)C(C)C)[C@@H](C)O)[C@@H](C)CC)[C@@H](C)CC. The molecule has 14 N–H and O–H groups in total. The van der Waals surface area contributed by atoms with Crippen LogP contribution in [-0.2, 0) is 54.4 Å². The molecule has 0 bridgehead atoms. The van der Waals surface area contributed by atoms with Crippen LogP contribution < -0.4 is 53.6 Å². The third-order valence-electron chi connectivity index (χ3n) is 12.6. The van der Waals surface area contributed by atoms with E-state index >= 15 is 0 Å². The second-order valence-electron chi connectivity index (χ2n) is 19.7. The molecule has 0 aromatic heterocycles. The number of nitrogens with one attached hydrogen (secondary N) is 9. The Bertz CT molecular complexity index is 2000. The molecule has 0 aliphatic rings. The molecule has 0 aliphatic heterocycles. The molecule has 1 aromatic carbocycles. The molecule has 23 nitrogen and oxygen atoms in total. The van der Waals surface area contributed by atoms with E-state index in [1.54, 1.807) is 67.5 Å². The van der Waals surface area contributed by atoms with Crippen molar-refractivity contribution in [2.45, 2.75) is 176 Å². The van der Waals surface area contributed by atoms with Crippen molar-refractivity contribution in [2.24, 2.45) is 35.3 Å². The highest BCUT2D eigenvalue weighted by molar-refractivity contribution is 5.97. The van der Waals surface area contributed by atoms with Gasteiger partial charge < -0.3 is 68.9 Å². The van der Waals surface area contributed by atoms with Crippen LogP contribution in [0.15, 0.2) is 30.3 Å². The number of benzene rings is 1. The summed E-state index contributed by atoms with van der Waals surface area (Å²) in [5.41, 5.74) is 6.96. The average Bonchev–Trinajstić information content (AvgIpc) is 3.33. The molecule has 0 saturated heterocycles. The van der Waals surface area contributed by atoms with Crippen molar-refractivity contribution in [3.05, 3.63) is 35.9 Å². The molecule has 9 amide bonds. The lowest BCUT2D eigenvalue weighted by atomic mass is 9.94. The van der Waals surface area contributed by atoms with E-state index in [2.05, 4.69) is 47.9 Å². The van der Waals surface area contributed by atoms with E-state index in [0.717, 1.165) is 5.56 Å². The van der Waals surface area contributed by atoms with Crippen molar-refractivity contribution in [3.8, 4) is 0 Å². The lowest BCUT2D eigenvalue weighted by Crippen LogP contribution is -2.62. The molecule has 23 heteroatoms. The van der Waals surface area contributed by atoms with Crippen molar-refractivity contribution in [3.63, 3.8) is 0 Å². The summed E-state index contributed by atoms with van der Waals surface area (Å²) >= 11 is 0. The Hall–Kier alpha value is -6.20. The van der Waals surface area contributed by atoms with Gasteiger partial charge in [0.15, 0.2) is 0 Å². The van der Waals surface area contributed by atoms with Crippen molar-refractivity contribution in [1.29, 1.82) is 0 Å². The van der Waals surface area contributed by atoms with Crippen LogP contribution in [0.3, 0.4) is 0 Å². The topological polar surface area (TPSA) is 366 Å². The molecule has 0 unspecified atom stereocenters. The standard InChI is InChI=1S/C50H84N10O13/c1-13-27(8)38(55-35(63)24-53-46(68)41(30(11)61)59-44(66)34(21-25(4)5)54-43(65)33(51)22-32-19-17-16-18-20-32)45(67)52-23-36(64)56-39(28(9)14-2)47(69)58-40(29(10)15-3)48(70)60-42(31(12)62)49(71)57-37(26(6)7)50(72)73/h16-20,25-31,33-34,37-42,61-62H,13-15,21-24,51H2,1-12H3,(H,52,67)(H,53,68)(H,54,65)(H,55,63)(H,56,64)(H,57,71)(H,58,69)(H,59,66)(H,60,70)(H,72,73)/t27-,28-,29-,30+,31+,33-,34-,37-,38-,39-,40-,41-,42-/m0/s1. The number of hydrogen-bond acceptors (Lipinski definition) is 13. The normalized spacial score (nSPS) is 16.7. The number of aliphatic hydroxyl groups is 2. The first kappa shape index (κ1) is 64.8. The van der Waals surface area contributed by atoms with Gasteiger partial charge in [-0.25, -0.2) is 4.79 Å². The van der Waals surface area contributed by atoms with Crippen molar-refractivity contribution in [1.82, 2.24) is 47.9 Å². The summed E-state index contributed by atoms with van der Waals surface area (Å²) in [5, 5.41) is 53.0. The van der Waals surface area contributed by atoms with Crippen LogP contribution in [0.2, 0.25) is 0 Å². The first-order valence-corrected chi connectivity index (χ1v) is 25.1.